The van der Waals surface area contributed by atoms with Crippen molar-refractivity contribution in [2.24, 2.45) is 17.3 Å². The van der Waals surface area contributed by atoms with Crippen molar-refractivity contribution in [3.63, 3.8) is 0 Å². The summed E-state index contributed by atoms with van der Waals surface area (Å²) in [4.78, 5) is 29.4. The molecule has 1 spiro atoms. The number of carbonyl (C=O) groups excluding carboxylic acids is 2. The standard InChI is InChI=1S/C19H33N3O2.ClH/c1-3-15(2)17(23)22-10-4-5-16(13-22)18(24)21-11-7-19(8-12-21)6-9-20-14-19;/h15-16,20H,3-14H2,1-2H3;1H. The van der Waals surface area contributed by atoms with Crippen molar-refractivity contribution < 1.29 is 9.59 Å². The van der Waals surface area contributed by atoms with E-state index in [2.05, 4.69) is 17.1 Å². The molecule has 3 aliphatic heterocycles. The van der Waals surface area contributed by atoms with Crippen LogP contribution in [0.4, 0.5) is 0 Å². The first-order valence-corrected chi connectivity index (χ1v) is 9.83. The van der Waals surface area contributed by atoms with E-state index in [-0.39, 0.29) is 36.1 Å². The first kappa shape index (κ1) is 20.5. The first-order valence-electron chi connectivity index (χ1n) is 9.83. The highest BCUT2D eigenvalue weighted by atomic mass is 35.5. The van der Waals surface area contributed by atoms with Gasteiger partial charge in [-0.2, -0.15) is 0 Å². The van der Waals surface area contributed by atoms with Gasteiger partial charge in [-0.1, -0.05) is 13.8 Å². The summed E-state index contributed by atoms with van der Waals surface area (Å²) in [5, 5.41) is 3.48. The Bertz CT molecular complexity index is 469. The van der Waals surface area contributed by atoms with E-state index in [9.17, 15) is 9.59 Å². The lowest BCUT2D eigenvalue weighted by Gasteiger charge is -2.41. The Morgan fingerprint density at radius 3 is 2.48 bits per heavy atom. The van der Waals surface area contributed by atoms with Crippen LogP contribution in [0.2, 0.25) is 0 Å². The molecule has 0 aromatic heterocycles. The monoisotopic (exact) mass is 371 g/mol. The minimum atomic E-state index is 0. The second kappa shape index (κ2) is 8.72. The molecule has 1 N–H and O–H groups in total. The fraction of sp³-hybridized carbons (Fsp3) is 0.895. The molecule has 25 heavy (non-hydrogen) atoms. The molecule has 3 saturated heterocycles. The zero-order valence-electron chi connectivity index (χ0n) is 15.8. The quantitative estimate of drug-likeness (QED) is 0.828. The zero-order chi connectivity index (χ0) is 17.2. The fourth-order valence-corrected chi connectivity index (χ4v) is 4.55. The summed E-state index contributed by atoms with van der Waals surface area (Å²) in [7, 11) is 0. The van der Waals surface area contributed by atoms with Crippen LogP contribution in [0.5, 0.6) is 0 Å². The molecule has 3 heterocycles. The van der Waals surface area contributed by atoms with Gasteiger partial charge in [0.2, 0.25) is 11.8 Å². The summed E-state index contributed by atoms with van der Waals surface area (Å²) in [6.07, 6.45) is 6.29. The third-order valence-corrected chi connectivity index (χ3v) is 6.58. The lowest BCUT2D eigenvalue weighted by atomic mass is 9.77. The summed E-state index contributed by atoms with van der Waals surface area (Å²) >= 11 is 0. The van der Waals surface area contributed by atoms with E-state index >= 15 is 0 Å². The van der Waals surface area contributed by atoms with Crippen molar-refractivity contribution in [1.82, 2.24) is 15.1 Å². The molecule has 2 unspecified atom stereocenters. The predicted molar refractivity (Wildman–Crippen MR) is 102 cm³/mol. The number of hydrogen-bond donors (Lipinski definition) is 1. The number of piperidine rings is 2. The third kappa shape index (κ3) is 4.48. The summed E-state index contributed by atoms with van der Waals surface area (Å²) in [5.74, 6) is 0.605. The molecule has 3 fully saturated rings. The fourth-order valence-electron chi connectivity index (χ4n) is 4.55. The van der Waals surface area contributed by atoms with Gasteiger partial charge < -0.3 is 15.1 Å². The summed E-state index contributed by atoms with van der Waals surface area (Å²) < 4.78 is 0. The maximum absolute atomic E-state index is 12.9. The Balaban J connectivity index is 0.00000225. The topological polar surface area (TPSA) is 52.7 Å². The van der Waals surface area contributed by atoms with Gasteiger partial charge in [-0.05, 0) is 50.5 Å². The molecule has 5 nitrogen and oxygen atoms in total. The molecule has 0 aromatic carbocycles. The molecule has 0 aromatic rings. The Morgan fingerprint density at radius 2 is 1.88 bits per heavy atom. The Kier molecular flexibility index (Phi) is 7.15. The molecule has 3 aliphatic rings. The molecule has 3 rings (SSSR count). The van der Waals surface area contributed by atoms with Crippen LogP contribution < -0.4 is 5.32 Å². The zero-order valence-corrected chi connectivity index (χ0v) is 16.6. The number of nitrogens with zero attached hydrogens (tertiary/aromatic N) is 2. The smallest absolute Gasteiger partial charge is 0.227 e. The second-order valence-corrected chi connectivity index (χ2v) is 8.18. The first-order chi connectivity index (χ1) is 11.5. The highest BCUT2D eigenvalue weighted by Crippen LogP contribution is 2.37. The van der Waals surface area contributed by atoms with Gasteiger partial charge in [0.25, 0.3) is 0 Å². The van der Waals surface area contributed by atoms with Crippen LogP contribution >= 0.6 is 12.4 Å². The van der Waals surface area contributed by atoms with Crippen molar-refractivity contribution in [2.75, 3.05) is 39.3 Å². The van der Waals surface area contributed by atoms with Crippen LogP contribution in [-0.2, 0) is 9.59 Å². The van der Waals surface area contributed by atoms with Gasteiger partial charge in [0.05, 0.1) is 5.92 Å². The van der Waals surface area contributed by atoms with Crippen LogP contribution in [0.1, 0.15) is 52.4 Å². The normalized spacial score (nSPS) is 27.0. The number of rotatable bonds is 3. The van der Waals surface area contributed by atoms with E-state index in [1.807, 2.05) is 11.8 Å². The minimum absolute atomic E-state index is 0. The minimum Gasteiger partial charge on any atom is -0.342 e. The number of amides is 2. The number of nitrogens with one attached hydrogen (secondary N) is 1. The Morgan fingerprint density at radius 1 is 1.16 bits per heavy atom. The third-order valence-electron chi connectivity index (χ3n) is 6.58. The van der Waals surface area contributed by atoms with Crippen molar-refractivity contribution in [3.8, 4) is 0 Å². The molecular formula is C19H34ClN3O2. The number of halogens is 1. The van der Waals surface area contributed by atoms with Crippen molar-refractivity contribution in [2.45, 2.75) is 52.4 Å². The van der Waals surface area contributed by atoms with Gasteiger partial charge in [0.15, 0.2) is 0 Å². The largest absolute Gasteiger partial charge is 0.342 e. The molecule has 6 heteroatoms. The Labute approximate surface area is 158 Å². The van der Waals surface area contributed by atoms with Crippen LogP contribution in [-0.4, -0.2) is 60.9 Å². The SMILES string of the molecule is CCC(C)C(=O)N1CCCC(C(=O)N2CCC3(CCNC3)CC2)C1.Cl. The number of likely N-dealkylation sites (tertiary alicyclic amines) is 2. The molecule has 2 atom stereocenters. The van der Waals surface area contributed by atoms with E-state index in [4.69, 9.17) is 0 Å². The van der Waals surface area contributed by atoms with Crippen LogP contribution in [0, 0.1) is 17.3 Å². The van der Waals surface area contributed by atoms with Crippen LogP contribution in [0.15, 0.2) is 0 Å². The molecule has 2 amide bonds. The second-order valence-electron chi connectivity index (χ2n) is 8.18. The number of hydrogen-bond acceptors (Lipinski definition) is 3. The van der Waals surface area contributed by atoms with Gasteiger partial charge in [-0.3, -0.25) is 9.59 Å². The van der Waals surface area contributed by atoms with E-state index in [1.54, 1.807) is 0 Å². The van der Waals surface area contributed by atoms with E-state index in [0.717, 1.165) is 64.8 Å². The molecule has 144 valence electrons. The van der Waals surface area contributed by atoms with E-state index < -0.39 is 0 Å². The Hall–Kier alpha value is -0.810. The highest BCUT2D eigenvalue weighted by molar-refractivity contribution is 5.85. The summed E-state index contributed by atoms with van der Waals surface area (Å²) in [6, 6.07) is 0. The van der Waals surface area contributed by atoms with Gasteiger partial charge in [-0.25, -0.2) is 0 Å². The summed E-state index contributed by atoms with van der Waals surface area (Å²) in [6.45, 7) is 9.54. The lowest BCUT2D eigenvalue weighted by Crippen LogP contribution is -2.51. The maximum Gasteiger partial charge on any atom is 0.227 e. The molecule has 0 saturated carbocycles. The van der Waals surface area contributed by atoms with Crippen molar-refractivity contribution >= 4 is 24.2 Å². The van der Waals surface area contributed by atoms with E-state index in [0.29, 0.717) is 12.0 Å². The van der Waals surface area contributed by atoms with Crippen LogP contribution in [0.3, 0.4) is 0 Å². The molecular weight excluding hydrogens is 338 g/mol. The summed E-state index contributed by atoms with van der Waals surface area (Å²) in [5.41, 5.74) is 0.446. The average molecular weight is 372 g/mol. The molecule has 0 bridgehead atoms. The maximum atomic E-state index is 12.9. The average Bonchev–Trinajstić information content (AvgIpc) is 3.08. The predicted octanol–water partition coefficient (Wildman–Crippen LogP) is 2.30. The van der Waals surface area contributed by atoms with Gasteiger partial charge in [0, 0.05) is 38.6 Å². The van der Waals surface area contributed by atoms with Gasteiger partial charge in [0.1, 0.15) is 0 Å². The lowest BCUT2D eigenvalue weighted by molar-refractivity contribution is -0.143. The van der Waals surface area contributed by atoms with Gasteiger partial charge >= 0.3 is 0 Å². The van der Waals surface area contributed by atoms with Gasteiger partial charge in [-0.15, -0.1) is 12.4 Å². The van der Waals surface area contributed by atoms with Crippen LogP contribution in [0.25, 0.3) is 0 Å². The number of carbonyl (C=O) groups is 2. The van der Waals surface area contributed by atoms with E-state index in [1.165, 1.54) is 6.42 Å². The van der Waals surface area contributed by atoms with Crippen molar-refractivity contribution in [3.05, 3.63) is 0 Å². The highest BCUT2D eigenvalue weighted by Gasteiger charge is 2.40. The molecule has 0 aliphatic carbocycles. The molecule has 0 radical (unpaired) electrons. The van der Waals surface area contributed by atoms with Crippen molar-refractivity contribution in [1.29, 1.82) is 0 Å².